The predicted molar refractivity (Wildman–Crippen MR) is 79.3 cm³/mol. The Morgan fingerprint density at radius 1 is 1.33 bits per heavy atom. The lowest BCUT2D eigenvalue weighted by molar-refractivity contribution is -0.159. The van der Waals surface area contributed by atoms with E-state index in [4.69, 9.17) is 9.84 Å². The zero-order valence-corrected chi connectivity index (χ0v) is 12.3. The monoisotopic (exact) mass is 307 g/mol. The van der Waals surface area contributed by atoms with Crippen LogP contribution in [0.2, 0.25) is 0 Å². The van der Waals surface area contributed by atoms with Crippen LogP contribution in [0.3, 0.4) is 0 Å². The highest BCUT2D eigenvalue weighted by atomic mass is 32.2. The van der Waals surface area contributed by atoms with Gasteiger partial charge in [0.1, 0.15) is 5.25 Å². The van der Waals surface area contributed by atoms with E-state index in [1.54, 1.807) is 16.7 Å². The Morgan fingerprint density at radius 2 is 2.14 bits per heavy atom. The number of hydrogen-bond acceptors (Lipinski definition) is 4. The van der Waals surface area contributed by atoms with Gasteiger partial charge >= 0.3 is 5.97 Å². The zero-order valence-electron chi connectivity index (χ0n) is 11.5. The summed E-state index contributed by atoms with van der Waals surface area (Å²) >= 11 is 1.64. The molecule has 1 aromatic carbocycles. The maximum atomic E-state index is 12.7. The molecule has 0 aliphatic carbocycles. The minimum atomic E-state index is -1.01. The smallest absolute Gasteiger partial charge is 0.334 e. The molecule has 0 unspecified atom stereocenters. The number of rotatable bonds is 2. The number of carboxylic acids is 1. The van der Waals surface area contributed by atoms with E-state index >= 15 is 0 Å². The van der Waals surface area contributed by atoms with Crippen molar-refractivity contribution in [2.45, 2.75) is 17.8 Å². The van der Waals surface area contributed by atoms with Crippen LogP contribution in [0, 0.1) is 0 Å². The van der Waals surface area contributed by atoms with Crippen molar-refractivity contribution < 1.29 is 19.4 Å². The van der Waals surface area contributed by atoms with Gasteiger partial charge in [0.2, 0.25) is 5.91 Å². The topological polar surface area (TPSA) is 66.8 Å². The fraction of sp³-hybridized carbons (Fsp3) is 0.467. The van der Waals surface area contributed by atoms with Crippen molar-refractivity contribution in [1.29, 1.82) is 0 Å². The Hall–Kier alpha value is -1.53. The van der Waals surface area contributed by atoms with Crippen LogP contribution < -0.4 is 0 Å². The summed E-state index contributed by atoms with van der Waals surface area (Å²) in [5.74, 6) is -0.0916. The molecule has 5 nitrogen and oxygen atoms in total. The van der Waals surface area contributed by atoms with Gasteiger partial charge in [0.15, 0.2) is 6.10 Å². The molecule has 21 heavy (non-hydrogen) atoms. The third-order valence-corrected chi connectivity index (χ3v) is 5.10. The summed E-state index contributed by atoms with van der Waals surface area (Å²) in [5, 5.41) is 8.82. The van der Waals surface area contributed by atoms with E-state index in [-0.39, 0.29) is 24.3 Å². The largest absolute Gasteiger partial charge is 0.479 e. The lowest BCUT2D eigenvalue weighted by Gasteiger charge is -2.34. The van der Waals surface area contributed by atoms with E-state index in [1.165, 1.54) is 5.56 Å². The molecule has 1 aromatic rings. The standard InChI is InChI=1S/C15H17NO4S/c17-14(16-6-7-20-12(9-16)15(18)19)13-11-4-2-1-3-10(11)5-8-21-13/h1-4,12-13H,5-9H2,(H,18,19)/t12-,13+/m1/s1. The number of nitrogens with zero attached hydrogens (tertiary/aromatic N) is 1. The van der Waals surface area contributed by atoms with Crippen LogP contribution in [-0.4, -0.2) is 53.4 Å². The van der Waals surface area contributed by atoms with Gasteiger partial charge in [-0.25, -0.2) is 4.79 Å². The van der Waals surface area contributed by atoms with Crippen LogP contribution in [0.1, 0.15) is 16.4 Å². The summed E-state index contributed by atoms with van der Waals surface area (Å²) in [7, 11) is 0. The maximum Gasteiger partial charge on any atom is 0.334 e. The molecule has 0 aromatic heterocycles. The third kappa shape index (κ3) is 2.91. The minimum absolute atomic E-state index is 0.00157. The van der Waals surface area contributed by atoms with Crippen LogP contribution >= 0.6 is 11.8 Å². The van der Waals surface area contributed by atoms with Gasteiger partial charge in [0.25, 0.3) is 0 Å². The third-order valence-electron chi connectivity index (χ3n) is 3.87. The number of carboxylic acid groups (broad SMARTS) is 1. The van der Waals surface area contributed by atoms with Crippen molar-refractivity contribution in [3.8, 4) is 0 Å². The van der Waals surface area contributed by atoms with Crippen LogP contribution in [0.4, 0.5) is 0 Å². The highest BCUT2D eigenvalue weighted by molar-refractivity contribution is 8.00. The number of aliphatic carboxylic acids is 1. The highest BCUT2D eigenvalue weighted by Gasteiger charge is 2.35. The quantitative estimate of drug-likeness (QED) is 0.893. The van der Waals surface area contributed by atoms with E-state index in [1.807, 2.05) is 18.2 Å². The Kier molecular flexibility index (Phi) is 4.17. The number of fused-ring (bicyclic) bond motifs is 1. The molecule has 1 saturated heterocycles. The van der Waals surface area contributed by atoms with Gasteiger partial charge in [-0.2, -0.15) is 0 Å². The Bertz CT molecular complexity index is 562. The van der Waals surface area contributed by atoms with Crippen LogP contribution in [0.25, 0.3) is 0 Å². The summed E-state index contributed by atoms with van der Waals surface area (Å²) in [5.41, 5.74) is 2.29. The van der Waals surface area contributed by atoms with Crippen molar-refractivity contribution in [2.75, 3.05) is 25.4 Å². The average molecular weight is 307 g/mol. The summed E-state index contributed by atoms with van der Waals surface area (Å²) < 4.78 is 5.18. The molecule has 1 N–H and O–H groups in total. The summed E-state index contributed by atoms with van der Waals surface area (Å²) in [6, 6.07) is 8.00. The molecule has 2 atom stereocenters. The van der Waals surface area contributed by atoms with E-state index in [0.29, 0.717) is 6.54 Å². The van der Waals surface area contributed by atoms with Gasteiger partial charge in [-0.3, -0.25) is 4.79 Å². The molecule has 3 rings (SSSR count). The number of thioether (sulfide) groups is 1. The van der Waals surface area contributed by atoms with Gasteiger partial charge < -0.3 is 14.7 Å². The Morgan fingerprint density at radius 3 is 2.95 bits per heavy atom. The van der Waals surface area contributed by atoms with Crippen LogP contribution in [0.15, 0.2) is 24.3 Å². The fourth-order valence-corrected chi connectivity index (χ4v) is 4.04. The second-order valence-electron chi connectivity index (χ2n) is 5.18. The molecular formula is C15H17NO4S. The number of carbonyl (C=O) groups excluding carboxylic acids is 1. The normalized spacial score (nSPS) is 25.2. The van der Waals surface area contributed by atoms with Crippen molar-refractivity contribution >= 4 is 23.6 Å². The highest BCUT2D eigenvalue weighted by Crippen LogP contribution is 2.38. The van der Waals surface area contributed by atoms with Crippen LogP contribution in [0.5, 0.6) is 0 Å². The van der Waals surface area contributed by atoms with Gasteiger partial charge in [0.05, 0.1) is 13.2 Å². The fourth-order valence-electron chi connectivity index (χ4n) is 2.76. The predicted octanol–water partition coefficient (Wildman–Crippen LogP) is 1.33. The molecule has 0 spiro atoms. The number of ether oxygens (including phenoxy) is 1. The first-order valence-corrected chi connectivity index (χ1v) is 8.04. The van der Waals surface area contributed by atoms with Crippen LogP contribution in [-0.2, 0) is 20.7 Å². The summed E-state index contributed by atoms with van der Waals surface area (Å²) in [6.45, 7) is 0.872. The average Bonchev–Trinajstić information content (AvgIpc) is 2.53. The molecule has 0 bridgehead atoms. The molecule has 112 valence electrons. The van der Waals surface area contributed by atoms with Gasteiger partial charge in [-0.1, -0.05) is 24.3 Å². The lowest BCUT2D eigenvalue weighted by atomic mass is 10.0. The SMILES string of the molecule is O=C(O)[C@H]1CN(C(=O)[C@H]2SCCc3ccccc32)CCO1. The first kappa shape index (κ1) is 14.4. The second kappa shape index (κ2) is 6.07. The first-order valence-electron chi connectivity index (χ1n) is 6.99. The maximum absolute atomic E-state index is 12.7. The molecule has 1 fully saturated rings. The molecule has 1 amide bonds. The van der Waals surface area contributed by atoms with E-state index in [0.717, 1.165) is 17.7 Å². The number of amides is 1. The van der Waals surface area contributed by atoms with Crippen molar-refractivity contribution in [1.82, 2.24) is 4.90 Å². The van der Waals surface area contributed by atoms with Crippen molar-refractivity contribution in [2.24, 2.45) is 0 Å². The number of aryl methyl sites for hydroxylation is 1. The number of morpholine rings is 1. The van der Waals surface area contributed by atoms with Crippen molar-refractivity contribution in [3.05, 3.63) is 35.4 Å². The molecule has 0 saturated carbocycles. The second-order valence-corrected chi connectivity index (χ2v) is 6.39. The molecule has 2 aliphatic rings. The number of hydrogen-bond donors (Lipinski definition) is 1. The Balaban J connectivity index is 1.78. The number of benzene rings is 1. The lowest BCUT2D eigenvalue weighted by Crippen LogP contribution is -2.49. The molecule has 6 heteroatoms. The van der Waals surface area contributed by atoms with Crippen molar-refractivity contribution in [3.63, 3.8) is 0 Å². The summed E-state index contributed by atoms with van der Waals surface area (Å²) in [4.78, 5) is 25.4. The summed E-state index contributed by atoms with van der Waals surface area (Å²) in [6.07, 6.45) is 0.0670. The molecule has 2 heterocycles. The van der Waals surface area contributed by atoms with E-state index in [9.17, 15) is 9.59 Å². The van der Waals surface area contributed by atoms with E-state index in [2.05, 4.69) is 6.07 Å². The number of carbonyl (C=O) groups is 2. The van der Waals surface area contributed by atoms with Gasteiger partial charge in [-0.05, 0) is 23.3 Å². The molecule has 2 aliphatic heterocycles. The first-order chi connectivity index (χ1) is 10.2. The van der Waals surface area contributed by atoms with E-state index < -0.39 is 12.1 Å². The van der Waals surface area contributed by atoms with Gasteiger partial charge in [0, 0.05) is 6.54 Å². The molecule has 0 radical (unpaired) electrons. The zero-order chi connectivity index (χ0) is 14.8. The minimum Gasteiger partial charge on any atom is -0.479 e. The van der Waals surface area contributed by atoms with Gasteiger partial charge in [-0.15, -0.1) is 11.8 Å². The Labute approximate surface area is 127 Å². The molecular weight excluding hydrogens is 290 g/mol.